The molecule has 2 N–H and O–H groups in total. The Morgan fingerprint density at radius 1 is 1.07 bits per heavy atom. The fourth-order valence-electron chi connectivity index (χ4n) is 3.26. The van der Waals surface area contributed by atoms with Crippen molar-refractivity contribution >= 4 is 23.8 Å². The lowest BCUT2D eigenvalue weighted by atomic mass is 9.91. The maximum absolute atomic E-state index is 12.6. The quantitative estimate of drug-likeness (QED) is 0.588. The number of carbonyl (C=O) groups is 2. The minimum atomic E-state index is -0.546. The molecule has 1 aliphatic heterocycles. The fraction of sp³-hybridized carbons (Fsp3) is 0.273. The van der Waals surface area contributed by atoms with Crippen LogP contribution in [0.2, 0.25) is 0 Å². The molecule has 1 heterocycles. The molecule has 0 unspecified atom stereocenters. The minimum Gasteiger partial charge on any atom is -0.466 e. The zero-order valence-electron chi connectivity index (χ0n) is 16.5. The Kier molecular flexibility index (Phi) is 6.09. The third kappa shape index (κ3) is 4.39. The van der Waals surface area contributed by atoms with Gasteiger partial charge in [-0.05, 0) is 44.0 Å². The molecule has 146 valence electrons. The molecule has 2 amide bonds. The second kappa shape index (κ2) is 8.52. The first-order valence-electron chi connectivity index (χ1n) is 9.04. The van der Waals surface area contributed by atoms with E-state index >= 15 is 0 Å². The first-order valence-corrected chi connectivity index (χ1v) is 10.0. The van der Waals surface area contributed by atoms with Crippen molar-refractivity contribution in [3.63, 3.8) is 0 Å². The number of hydrogen-bond donors (Lipinski definition) is 2. The number of benzene rings is 2. The summed E-state index contributed by atoms with van der Waals surface area (Å²) in [7, 11) is 1.36. The van der Waals surface area contributed by atoms with Crippen LogP contribution in [-0.4, -0.2) is 24.9 Å². The van der Waals surface area contributed by atoms with Crippen LogP contribution in [0.25, 0.3) is 0 Å². The Hall–Kier alpha value is -2.73. The van der Waals surface area contributed by atoms with Gasteiger partial charge in [0.05, 0.1) is 18.7 Å². The summed E-state index contributed by atoms with van der Waals surface area (Å²) in [6, 6.07) is 13.2. The van der Waals surface area contributed by atoms with Gasteiger partial charge in [0.15, 0.2) is 0 Å². The average molecular weight is 397 g/mol. The van der Waals surface area contributed by atoms with E-state index in [0.29, 0.717) is 17.0 Å². The van der Waals surface area contributed by atoms with E-state index in [9.17, 15) is 9.59 Å². The van der Waals surface area contributed by atoms with Gasteiger partial charge < -0.3 is 15.4 Å². The number of rotatable bonds is 5. The minimum absolute atomic E-state index is 0.322. The van der Waals surface area contributed by atoms with Crippen LogP contribution in [0.3, 0.4) is 0 Å². The number of urea groups is 1. The van der Waals surface area contributed by atoms with Gasteiger partial charge in [0.25, 0.3) is 0 Å². The molecule has 28 heavy (non-hydrogen) atoms. The summed E-state index contributed by atoms with van der Waals surface area (Å²) in [5.41, 5.74) is 5.22. The van der Waals surface area contributed by atoms with Crippen molar-refractivity contribution in [1.29, 1.82) is 0 Å². The van der Waals surface area contributed by atoms with Gasteiger partial charge in [0.2, 0.25) is 0 Å². The first kappa shape index (κ1) is 20.0. The zero-order chi connectivity index (χ0) is 20.3. The molecule has 0 radical (unpaired) electrons. The van der Waals surface area contributed by atoms with Crippen molar-refractivity contribution in [2.75, 3.05) is 12.9 Å². The van der Waals surface area contributed by atoms with Crippen molar-refractivity contribution in [3.05, 3.63) is 76.0 Å². The average Bonchev–Trinajstić information content (AvgIpc) is 2.66. The highest BCUT2D eigenvalue weighted by Gasteiger charge is 2.34. The number of carbonyl (C=O) groups excluding carboxylic acids is 2. The molecule has 1 atom stereocenters. The molecule has 0 bridgehead atoms. The van der Waals surface area contributed by atoms with E-state index in [2.05, 4.69) is 10.6 Å². The van der Waals surface area contributed by atoms with E-state index in [-0.39, 0.29) is 6.03 Å². The normalized spacial score (nSPS) is 16.4. The van der Waals surface area contributed by atoms with E-state index < -0.39 is 12.0 Å². The molecule has 0 saturated carbocycles. The van der Waals surface area contributed by atoms with Crippen LogP contribution in [0.5, 0.6) is 0 Å². The highest BCUT2D eigenvalue weighted by molar-refractivity contribution is 7.99. The van der Waals surface area contributed by atoms with Crippen molar-refractivity contribution in [2.45, 2.75) is 31.7 Å². The molecular weight excluding hydrogens is 372 g/mol. The first-order chi connectivity index (χ1) is 13.4. The van der Waals surface area contributed by atoms with E-state index in [1.165, 1.54) is 12.7 Å². The SMILES string of the molecule is COC(=O)C1=C(CSc2ccc(C)cc2)NC(=O)N[C@@H]1c1ccc(C)cc1C. The van der Waals surface area contributed by atoms with E-state index in [0.717, 1.165) is 21.6 Å². The van der Waals surface area contributed by atoms with Gasteiger partial charge in [0.1, 0.15) is 0 Å². The smallest absolute Gasteiger partial charge is 0.338 e. The maximum Gasteiger partial charge on any atom is 0.338 e. The molecule has 0 aliphatic carbocycles. The standard InChI is InChI=1S/C22H24N2O3S/c1-13-5-8-16(9-6-13)28-12-18-19(21(25)27-4)20(24-22(26)23-18)17-10-7-14(2)11-15(17)3/h5-11,20H,12H2,1-4H3,(H2,23,24,26)/t20-/m1/s1. The van der Waals surface area contributed by atoms with Gasteiger partial charge in [-0.1, -0.05) is 41.5 Å². The number of amides is 2. The van der Waals surface area contributed by atoms with Crippen molar-refractivity contribution in [3.8, 4) is 0 Å². The number of ether oxygens (including phenoxy) is 1. The van der Waals surface area contributed by atoms with Gasteiger partial charge in [0, 0.05) is 16.3 Å². The Morgan fingerprint density at radius 2 is 1.75 bits per heavy atom. The second-order valence-corrected chi connectivity index (χ2v) is 7.93. The second-order valence-electron chi connectivity index (χ2n) is 6.88. The lowest BCUT2D eigenvalue weighted by Crippen LogP contribution is -2.46. The topological polar surface area (TPSA) is 67.4 Å². The number of thioether (sulfide) groups is 1. The number of hydrogen-bond acceptors (Lipinski definition) is 4. The molecular formula is C22H24N2O3S. The van der Waals surface area contributed by atoms with E-state index in [1.54, 1.807) is 11.8 Å². The molecule has 0 aromatic heterocycles. The summed E-state index contributed by atoms with van der Waals surface area (Å²) < 4.78 is 5.04. The monoisotopic (exact) mass is 396 g/mol. The fourth-order valence-corrected chi connectivity index (χ4v) is 4.12. The predicted octanol–water partition coefficient (Wildman–Crippen LogP) is 4.19. The van der Waals surface area contributed by atoms with Gasteiger partial charge in [-0.3, -0.25) is 0 Å². The third-order valence-electron chi connectivity index (χ3n) is 4.70. The molecule has 0 fully saturated rings. The summed E-state index contributed by atoms with van der Waals surface area (Å²) in [4.78, 5) is 26.0. The van der Waals surface area contributed by atoms with Crippen LogP contribution >= 0.6 is 11.8 Å². The van der Waals surface area contributed by atoms with Gasteiger partial charge in [-0.2, -0.15) is 0 Å². The van der Waals surface area contributed by atoms with Crippen LogP contribution in [0.1, 0.15) is 28.3 Å². The predicted molar refractivity (Wildman–Crippen MR) is 111 cm³/mol. The summed E-state index contributed by atoms with van der Waals surface area (Å²) >= 11 is 1.57. The number of aryl methyl sites for hydroxylation is 3. The number of methoxy groups -OCH3 is 1. The van der Waals surface area contributed by atoms with Gasteiger partial charge in [-0.25, -0.2) is 9.59 Å². The summed E-state index contributed by atoms with van der Waals surface area (Å²) in [5.74, 6) is 0.0134. The third-order valence-corrected chi connectivity index (χ3v) is 5.74. The number of esters is 1. The maximum atomic E-state index is 12.6. The van der Waals surface area contributed by atoms with Crippen LogP contribution < -0.4 is 10.6 Å². The molecule has 1 aliphatic rings. The molecule has 3 rings (SSSR count). The summed E-state index contributed by atoms with van der Waals surface area (Å²) in [6.45, 7) is 6.03. The van der Waals surface area contributed by atoms with E-state index in [1.807, 2.05) is 63.2 Å². The number of nitrogens with one attached hydrogen (secondary N) is 2. The van der Waals surface area contributed by atoms with Crippen LogP contribution in [0.15, 0.2) is 58.6 Å². The highest BCUT2D eigenvalue weighted by Crippen LogP contribution is 2.32. The van der Waals surface area contributed by atoms with E-state index in [4.69, 9.17) is 4.74 Å². The molecule has 0 spiro atoms. The van der Waals surface area contributed by atoms with Crippen molar-refractivity contribution in [1.82, 2.24) is 10.6 Å². The van der Waals surface area contributed by atoms with Crippen LogP contribution in [0, 0.1) is 20.8 Å². The molecule has 2 aromatic carbocycles. The lowest BCUT2D eigenvalue weighted by molar-refractivity contribution is -0.136. The Balaban J connectivity index is 1.98. The summed E-state index contributed by atoms with van der Waals surface area (Å²) in [5, 5.41) is 5.68. The molecule has 5 nitrogen and oxygen atoms in total. The van der Waals surface area contributed by atoms with Crippen molar-refractivity contribution in [2.24, 2.45) is 0 Å². The molecule has 6 heteroatoms. The Labute approximate surface area is 169 Å². The zero-order valence-corrected chi connectivity index (χ0v) is 17.3. The van der Waals surface area contributed by atoms with Gasteiger partial charge >= 0.3 is 12.0 Å². The molecule has 0 saturated heterocycles. The summed E-state index contributed by atoms with van der Waals surface area (Å²) in [6.07, 6.45) is 0. The van der Waals surface area contributed by atoms with Crippen molar-refractivity contribution < 1.29 is 14.3 Å². The van der Waals surface area contributed by atoms with Crippen LogP contribution in [-0.2, 0) is 9.53 Å². The Bertz CT molecular complexity index is 935. The Morgan fingerprint density at radius 3 is 2.39 bits per heavy atom. The lowest BCUT2D eigenvalue weighted by Gasteiger charge is -2.30. The highest BCUT2D eigenvalue weighted by atomic mass is 32.2. The molecule has 2 aromatic rings. The van der Waals surface area contributed by atoms with Crippen LogP contribution in [0.4, 0.5) is 4.79 Å². The largest absolute Gasteiger partial charge is 0.466 e. The van der Waals surface area contributed by atoms with Gasteiger partial charge in [-0.15, -0.1) is 11.8 Å².